The monoisotopic (exact) mass is 407 g/mol. The largest absolute Gasteiger partial charge is 0.358 e. The highest BCUT2D eigenvalue weighted by molar-refractivity contribution is 5.81. The first kappa shape index (κ1) is 19.4. The van der Waals surface area contributed by atoms with Gasteiger partial charge in [-0.15, -0.1) is 0 Å². The minimum atomic E-state index is -1.00. The van der Waals surface area contributed by atoms with Crippen LogP contribution in [0.5, 0.6) is 0 Å². The number of urea groups is 2. The summed E-state index contributed by atoms with van der Waals surface area (Å²) >= 11 is 0. The van der Waals surface area contributed by atoms with Crippen LogP contribution in [0, 0.1) is 11.6 Å². The first-order valence-electron chi connectivity index (χ1n) is 9.74. The summed E-state index contributed by atoms with van der Waals surface area (Å²) in [6.45, 7) is 1.16. The van der Waals surface area contributed by atoms with E-state index >= 15 is 0 Å². The molecule has 0 bridgehead atoms. The average molecular weight is 407 g/mol. The molecule has 156 valence electrons. The van der Waals surface area contributed by atoms with Crippen LogP contribution < -0.4 is 10.6 Å². The Bertz CT molecular complexity index is 930. The number of benzene rings is 1. The van der Waals surface area contributed by atoms with Crippen molar-refractivity contribution in [3.8, 4) is 0 Å². The van der Waals surface area contributed by atoms with Crippen LogP contribution in [0.15, 0.2) is 16.7 Å². The molecule has 10 heteroatoms. The van der Waals surface area contributed by atoms with Crippen molar-refractivity contribution in [1.82, 2.24) is 25.6 Å². The highest BCUT2D eigenvalue weighted by atomic mass is 19.2. The number of hydrogen-bond donors (Lipinski definition) is 2. The quantitative estimate of drug-likeness (QED) is 0.815. The predicted molar refractivity (Wildman–Crippen MR) is 100 cm³/mol. The van der Waals surface area contributed by atoms with Crippen LogP contribution in [0.1, 0.15) is 31.4 Å². The van der Waals surface area contributed by atoms with Gasteiger partial charge in [-0.05, 0) is 31.7 Å². The number of amides is 4. The number of aromatic nitrogens is 1. The number of likely N-dealkylation sites (tertiary alicyclic amines) is 1. The van der Waals surface area contributed by atoms with E-state index in [-0.39, 0.29) is 42.0 Å². The molecule has 1 aliphatic carbocycles. The van der Waals surface area contributed by atoms with E-state index in [9.17, 15) is 18.4 Å². The van der Waals surface area contributed by atoms with E-state index in [1.165, 1.54) is 0 Å². The molecule has 2 aliphatic rings. The Morgan fingerprint density at radius 3 is 2.72 bits per heavy atom. The summed E-state index contributed by atoms with van der Waals surface area (Å²) in [5.74, 6) is -1.73. The van der Waals surface area contributed by atoms with Gasteiger partial charge in [0.25, 0.3) is 0 Å². The van der Waals surface area contributed by atoms with Gasteiger partial charge < -0.3 is 25.0 Å². The number of carbonyl (C=O) groups is 2. The van der Waals surface area contributed by atoms with Crippen molar-refractivity contribution in [3.63, 3.8) is 0 Å². The van der Waals surface area contributed by atoms with Gasteiger partial charge in [0, 0.05) is 37.6 Å². The molecule has 8 nitrogen and oxygen atoms in total. The standard InChI is InChI=1S/C19H23F2N5O3/c1-22-18(27)25-6-2-3-12(10-25)26(11-4-5-11)19(28)23-9-17-13-7-14(20)15(21)8-16(13)24-29-17/h7-8,11-12H,2-6,9-10H2,1H3,(H,22,27)(H,23,28). The van der Waals surface area contributed by atoms with Gasteiger partial charge in [-0.25, -0.2) is 18.4 Å². The smallest absolute Gasteiger partial charge is 0.318 e. The number of nitrogens with one attached hydrogen (secondary N) is 2. The zero-order chi connectivity index (χ0) is 20.5. The Hall–Kier alpha value is -2.91. The van der Waals surface area contributed by atoms with E-state index in [1.54, 1.807) is 11.9 Å². The fourth-order valence-electron chi connectivity index (χ4n) is 3.87. The maximum Gasteiger partial charge on any atom is 0.318 e. The van der Waals surface area contributed by atoms with Crippen molar-refractivity contribution >= 4 is 23.0 Å². The normalized spacial score (nSPS) is 19.3. The number of fused-ring (bicyclic) bond motifs is 1. The lowest BCUT2D eigenvalue weighted by Crippen LogP contribution is -2.56. The van der Waals surface area contributed by atoms with Crippen LogP contribution in [0.3, 0.4) is 0 Å². The minimum Gasteiger partial charge on any atom is -0.358 e. The molecule has 29 heavy (non-hydrogen) atoms. The molecule has 1 aromatic carbocycles. The van der Waals surface area contributed by atoms with Crippen LogP contribution >= 0.6 is 0 Å². The average Bonchev–Trinajstić information content (AvgIpc) is 3.48. The lowest BCUT2D eigenvalue weighted by Gasteiger charge is -2.39. The van der Waals surface area contributed by atoms with E-state index < -0.39 is 11.6 Å². The third-order valence-corrected chi connectivity index (χ3v) is 5.46. The molecule has 1 aromatic heterocycles. The number of nitrogens with zero attached hydrogens (tertiary/aromatic N) is 3. The third-order valence-electron chi connectivity index (χ3n) is 5.46. The second-order valence-electron chi connectivity index (χ2n) is 7.48. The van der Waals surface area contributed by atoms with Gasteiger partial charge in [0.2, 0.25) is 0 Å². The molecule has 4 amide bonds. The molecule has 0 radical (unpaired) electrons. The minimum absolute atomic E-state index is 0.00943. The van der Waals surface area contributed by atoms with Crippen molar-refractivity contribution in [2.45, 2.75) is 44.3 Å². The number of piperidine rings is 1. The van der Waals surface area contributed by atoms with E-state index in [1.807, 2.05) is 4.90 Å². The van der Waals surface area contributed by atoms with Crippen molar-refractivity contribution < 1.29 is 22.9 Å². The molecule has 1 saturated carbocycles. The van der Waals surface area contributed by atoms with E-state index in [0.29, 0.717) is 18.5 Å². The zero-order valence-electron chi connectivity index (χ0n) is 16.1. The summed E-state index contributed by atoms with van der Waals surface area (Å²) in [5.41, 5.74) is 0.195. The summed E-state index contributed by atoms with van der Waals surface area (Å²) in [7, 11) is 1.59. The first-order valence-corrected chi connectivity index (χ1v) is 9.74. The molecule has 2 aromatic rings. The Labute approximate surface area is 166 Å². The Balaban J connectivity index is 1.45. The maximum atomic E-state index is 13.5. The molecule has 0 spiro atoms. The predicted octanol–water partition coefficient (Wildman–Crippen LogP) is 2.58. The molecule has 1 atom stereocenters. The van der Waals surface area contributed by atoms with Crippen LogP contribution in [-0.4, -0.2) is 59.2 Å². The molecule has 1 saturated heterocycles. The number of carbonyl (C=O) groups excluding carboxylic acids is 2. The highest BCUT2D eigenvalue weighted by Crippen LogP contribution is 2.31. The van der Waals surface area contributed by atoms with Crippen LogP contribution in [-0.2, 0) is 6.54 Å². The second-order valence-corrected chi connectivity index (χ2v) is 7.48. The summed E-state index contributed by atoms with van der Waals surface area (Å²) in [6.07, 6.45) is 3.51. The molecule has 2 fully saturated rings. The van der Waals surface area contributed by atoms with Crippen molar-refractivity contribution in [2.24, 2.45) is 0 Å². The van der Waals surface area contributed by atoms with Gasteiger partial charge in [-0.1, -0.05) is 5.16 Å². The zero-order valence-corrected chi connectivity index (χ0v) is 16.1. The van der Waals surface area contributed by atoms with Gasteiger partial charge in [-0.2, -0.15) is 0 Å². The second kappa shape index (κ2) is 7.84. The molecule has 2 N–H and O–H groups in total. The van der Waals surface area contributed by atoms with Crippen molar-refractivity contribution in [1.29, 1.82) is 0 Å². The number of rotatable bonds is 4. The SMILES string of the molecule is CNC(=O)N1CCCC(N(C(=O)NCc2onc3cc(F)c(F)cc23)C2CC2)C1. The Kier molecular flexibility index (Phi) is 5.25. The lowest BCUT2D eigenvalue weighted by molar-refractivity contribution is 0.115. The molecular formula is C19H23F2N5O3. The summed E-state index contributed by atoms with van der Waals surface area (Å²) in [5, 5.41) is 9.48. The topological polar surface area (TPSA) is 90.7 Å². The van der Waals surface area contributed by atoms with E-state index in [2.05, 4.69) is 15.8 Å². The first-order chi connectivity index (χ1) is 14.0. The van der Waals surface area contributed by atoms with Crippen LogP contribution in [0.4, 0.5) is 18.4 Å². The third kappa shape index (κ3) is 3.96. The summed E-state index contributed by atoms with van der Waals surface area (Å²) < 4.78 is 32.0. The molecule has 1 unspecified atom stereocenters. The fraction of sp³-hybridized carbons (Fsp3) is 0.526. The lowest BCUT2D eigenvalue weighted by atomic mass is 10.0. The summed E-state index contributed by atoms with van der Waals surface area (Å²) in [6, 6.07) is 1.67. The van der Waals surface area contributed by atoms with Crippen LogP contribution in [0.2, 0.25) is 0 Å². The maximum absolute atomic E-state index is 13.5. The van der Waals surface area contributed by atoms with Crippen LogP contribution in [0.25, 0.3) is 10.9 Å². The number of hydrogen-bond acceptors (Lipinski definition) is 4. The van der Waals surface area contributed by atoms with Crippen molar-refractivity contribution in [2.75, 3.05) is 20.1 Å². The van der Waals surface area contributed by atoms with Crippen molar-refractivity contribution in [3.05, 3.63) is 29.5 Å². The van der Waals surface area contributed by atoms with E-state index in [4.69, 9.17) is 4.52 Å². The van der Waals surface area contributed by atoms with Gasteiger partial charge in [0.05, 0.1) is 12.6 Å². The fourth-order valence-corrected chi connectivity index (χ4v) is 3.87. The molecule has 2 heterocycles. The van der Waals surface area contributed by atoms with E-state index in [0.717, 1.165) is 37.8 Å². The Morgan fingerprint density at radius 1 is 1.24 bits per heavy atom. The molecular weight excluding hydrogens is 384 g/mol. The van der Waals surface area contributed by atoms with Gasteiger partial charge in [0.1, 0.15) is 5.52 Å². The Morgan fingerprint density at radius 2 is 2.00 bits per heavy atom. The molecule has 1 aliphatic heterocycles. The molecule has 4 rings (SSSR count). The van der Waals surface area contributed by atoms with Gasteiger partial charge in [0.15, 0.2) is 17.4 Å². The van der Waals surface area contributed by atoms with Gasteiger partial charge in [-0.3, -0.25) is 0 Å². The summed E-state index contributed by atoms with van der Waals surface area (Å²) in [4.78, 5) is 28.4. The highest BCUT2D eigenvalue weighted by Gasteiger charge is 2.39. The van der Waals surface area contributed by atoms with Gasteiger partial charge >= 0.3 is 12.1 Å². The number of halogens is 2.